The number of hydrogen-bond donors (Lipinski definition) is 0. The third kappa shape index (κ3) is 10.8. The second-order valence-electron chi connectivity index (χ2n) is 2.98. The van der Waals surface area contributed by atoms with E-state index in [0.717, 1.165) is 0 Å². The second kappa shape index (κ2) is 8.91. The first-order valence-corrected chi connectivity index (χ1v) is 7.70. The average Bonchev–Trinajstić information content (AvgIpc) is 1.96. The third-order valence-corrected chi connectivity index (χ3v) is 3.13. The molecule has 66 valence electrons. The summed E-state index contributed by atoms with van der Waals surface area (Å²) in [6.45, 7) is 4.44. The minimum Gasteiger partial charge on any atom is -0.0894 e. The molecule has 0 heterocycles. The fraction of sp³-hybridized carbons (Fsp3) is 0.778. The summed E-state index contributed by atoms with van der Waals surface area (Å²) in [7, 11) is 1.91. The Morgan fingerprint density at radius 1 is 1.36 bits per heavy atom. The van der Waals surface area contributed by atoms with Crippen LogP contribution in [0.3, 0.4) is 0 Å². The third-order valence-electron chi connectivity index (χ3n) is 1.36. The maximum Gasteiger partial charge on any atom is 0.00335 e. The Morgan fingerprint density at radius 3 is 2.64 bits per heavy atom. The van der Waals surface area contributed by atoms with Crippen molar-refractivity contribution in [2.24, 2.45) is 5.92 Å². The Kier molecular flexibility index (Phi) is 9.58. The largest absolute Gasteiger partial charge is 0.0894 e. The van der Waals surface area contributed by atoms with Gasteiger partial charge < -0.3 is 0 Å². The zero-order valence-corrected chi connectivity index (χ0v) is 10.3. The van der Waals surface area contributed by atoms with E-state index in [1.807, 2.05) is 8.93 Å². The van der Waals surface area contributed by atoms with Gasteiger partial charge in [-0.3, -0.25) is 0 Å². The molecule has 11 heavy (non-hydrogen) atoms. The minimum absolute atomic E-state index is 0.717. The molecule has 0 saturated heterocycles. The Morgan fingerprint density at radius 2 is 2.09 bits per heavy atom. The van der Waals surface area contributed by atoms with Crippen LogP contribution in [-0.4, -0.2) is 5.75 Å². The zero-order valence-electron chi connectivity index (χ0n) is 7.35. The van der Waals surface area contributed by atoms with Gasteiger partial charge in [0.05, 0.1) is 0 Å². The van der Waals surface area contributed by atoms with E-state index in [-0.39, 0.29) is 0 Å². The van der Waals surface area contributed by atoms with Crippen molar-refractivity contribution in [3.05, 3.63) is 12.2 Å². The summed E-state index contributed by atoms with van der Waals surface area (Å²) in [5.41, 5.74) is 0. The monoisotopic (exact) mass is 284 g/mol. The van der Waals surface area contributed by atoms with Crippen LogP contribution in [0.4, 0.5) is 0 Å². The molecule has 0 aliphatic rings. The number of rotatable bonds is 6. The van der Waals surface area contributed by atoms with Crippen LogP contribution in [0, 0.1) is 5.92 Å². The van der Waals surface area contributed by atoms with E-state index in [4.69, 9.17) is 0 Å². The van der Waals surface area contributed by atoms with Crippen LogP contribution in [0.2, 0.25) is 0 Å². The highest BCUT2D eigenvalue weighted by atomic mass is 127. The summed E-state index contributed by atoms with van der Waals surface area (Å²) >= 11 is 2.36. The zero-order chi connectivity index (χ0) is 8.53. The summed E-state index contributed by atoms with van der Waals surface area (Å²) < 4.78 is 0. The molecule has 0 amide bonds. The Labute approximate surface area is 86.8 Å². The Bertz CT molecular complexity index is 99.7. The van der Waals surface area contributed by atoms with Gasteiger partial charge >= 0.3 is 0 Å². The average molecular weight is 284 g/mol. The van der Waals surface area contributed by atoms with Gasteiger partial charge in [0.1, 0.15) is 0 Å². The molecular formula is C9H17IS. The molecule has 0 nitrogen and oxygen atoms in total. The molecule has 0 aromatic heterocycles. The lowest BCUT2D eigenvalue weighted by molar-refractivity contribution is 0.793. The SMILES string of the molecule is CC(C)/C=C/CCCCSI. The molecule has 0 aliphatic heterocycles. The van der Waals surface area contributed by atoms with Gasteiger partial charge in [-0.1, -0.05) is 34.9 Å². The first kappa shape index (κ1) is 11.8. The predicted octanol–water partition coefficient (Wildman–Crippen LogP) is 4.45. The van der Waals surface area contributed by atoms with E-state index in [9.17, 15) is 0 Å². The molecule has 0 atom stereocenters. The molecule has 2 heteroatoms. The van der Waals surface area contributed by atoms with Gasteiger partial charge in [0, 0.05) is 5.75 Å². The van der Waals surface area contributed by atoms with Crippen LogP contribution in [-0.2, 0) is 0 Å². The summed E-state index contributed by atoms with van der Waals surface area (Å²) in [6, 6.07) is 0. The van der Waals surface area contributed by atoms with E-state index >= 15 is 0 Å². The van der Waals surface area contributed by atoms with Crippen LogP contribution in [0.1, 0.15) is 33.1 Å². The van der Waals surface area contributed by atoms with Crippen molar-refractivity contribution in [3.8, 4) is 0 Å². The summed E-state index contributed by atoms with van der Waals surface area (Å²) in [5, 5.41) is 0. The van der Waals surface area contributed by atoms with E-state index in [1.54, 1.807) is 0 Å². The summed E-state index contributed by atoms with van der Waals surface area (Å²) in [4.78, 5) is 0. The highest BCUT2D eigenvalue weighted by molar-refractivity contribution is 14.2. The van der Waals surface area contributed by atoms with Crippen LogP contribution in [0.15, 0.2) is 12.2 Å². The topological polar surface area (TPSA) is 0 Å². The highest BCUT2D eigenvalue weighted by Crippen LogP contribution is 2.13. The van der Waals surface area contributed by atoms with Crippen molar-refractivity contribution >= 4 is 30.1 Å². The van der Waals surface area contributed by atoms with Crippen molar-refractivity contribution in [1.82, 2.24) is 0 Å². The fourth-order valence-electron chi connectivity index (χ4n) is 0.787. The molecule has 0 rings (SSSR count). The maximum absolute atomic E-state index is 2.36. The lowest BCUT2D eigenvalue weighted by Gasteiger charge is -1.95. The van der Waals surface area contributed by atoms with Gasteiger partial charge in [0.15, 0.2) is 0 Å². The van der Waals surface area contributed by atoms with Gasteiger partial charge in [-0.25, -0.2) is 0 Å². The van der Waals surface area contributed by atoms with Gasteiger partial charge in [0.25, 0.3) is 0 Å². The maximum atomic E-state index is 2.36. The van der Waals surface area contributed by atoms with Crippen molar-refractivity contribution in [2.45, 2.75) is 33.1 Å². The smallest absolute Gasteiger partial charge is 0.00335 e. The molecule has 0 bridgehead atoms. The Balaban J connectivity index is 3.01. The molecular weight excluding hydrogens is 267 g/mol. The minimum atomic E-state index is 0.717. The van der Waals surface area contributed by atoms with Crippen molar-refractivity contribution in [1.29, 1.82) is 0 Å². The van der Waals surface area contributed by atoms with Crippen LogP contribution >= 0.6 is 30.1 Å². The van der Waals surface area contributed by atoms with Crippen LogP contribution < -0.4 is 0 Å². The van der Waals surface area contributed by atoms with Gasteiger partial charge in [-0.15, -0.1) is 0 Å². The molecule has 0 radical (unpaired) electrons. The van der Waals surface area contributed by atoms with Crippen molar-refractivity contribution in [2.75, 3.05) is 5.75 Å². The number of unbranched alkanes of at least 4 members (excludes halogenated alkanes) is 2. The van der Waals surface area contributed by atoms with Gasteiger partial charge in [0.2, 0.25) is 0 Å². The van der Waals surface area contributed by atoms with Crippen LogP contribution in [0.5, 0.6) is 0 Å². The van der Waals surface area contributed by atoms with Crippen LogP contribution in [0.25, 0.3) is 0 Å². The normalized spacial score (nSPS) is 11.6. The molecule has 0 fully saturated rings. The molecule has 0 spiro atoms. The van der Waals surface area contributed by atoms with E-state index in [2.05, 4.69) is 47.2 Å². The first-order valence-electron chi connectivity index (χ1n) is 4.17. The van der Waals surface area contributed by atoms with E-state index < -0.39 is 0 Å². The first-order chi connectivity index (χ1) is 5.27. The number of allylic oxidation sites excluding steroid dienone is 2. The highest BCUT2D eigenvalue weighted by Gasteiger charge is 1.86. The number of hydrogen-bond acceptors (Lipinski definition) is 1. The quantitative estimate of drug-likeness (QED) is 0.394. The molecule has 0 saturated carbocycles. The molecule has 0 N–H and O–H groups in total. The molecule has 0 aromatic rings. The van der Waals surface area contributed by atoms with Crippen molar-refractivity contribution in [3.63, 3.8) is 0 Å². The van der Waals surface area contributed by atoms with Gasteiger partial charge in [-0.05, 0) is 46.4 Å². The lowest BCUT2D eigenvalue weighted by atomic mass is 10.1. The lowest BCUT2D eigenvalue weighted by Crippen LogP contribution is -1.79. The Hall–Kier alpha value is 0.820. The van der Waals surface area contributed by atoms with E-state index in [1.165, 1.54) is 25.0 Å². The van der Waals surface area contributed by atoms with E-state index in [0.29, 0.717) is 5.92 Å². The second-order valence-corrected chi connectivity index (χ2v) is 5.48. The predicted molar refractivity (Wildman–Crippen MR) is 64.3 cm³/mol. The van der Waals surface area contributed by atoms with Crippen molar-refractivity contribution < 1.29 is 0 Å². The number of halogens is 1. The van der Waals surface area contributed by atoms with Gasteiger partial charge in [-0.2, -0.15) is 0 Å². The standard InChI is InChI=1S/C9H17IS/c1-9(2)7-5-3-4-6-8-11-10/h5,7,9H,3-4,6,8H2,1-2H3/b7-5+. The summed E-state index contributed by atoms with van der Waals surface area (Å²) in [6.07, 6.45) is 8.56. The molecule has 0 aliphatic carbocycles. The molecule has 0 aromatic carbocycles. The fourth-order valence-corrected chi connectivity index (χ4v) is 2.03. The molecule has 0 unspecified atom stereocenters. The summed E-state index contributed by atoms with van der Waals surface area (Å²) in [5.74, 6) is 2.02.